The fourth-order valence-electron chi connectivity index (χ4n) is 3.08. The Hall–Kier alpha value is -2.01. The van der Waals surface area contributed by atoms with E-state index in [1.165, 1.54) is 24.1 Å². The Bertz CT molecular complexity index is 709. The lowest BCUT2D eigenvalue weighted by molar-refractivity contribution is 0.102. The van der Waals surface area contributed by atoms with Gasteiger partial charge in [0.2, 0.25) is 0 Å². The first-order chi connectivity index (χ1) is 11.2. The third kappa shape index (κ3) is 3.50. The Morgan fingerprint density at radius 2 is 2.00 bits per heavy atom. The maximum absolute atomic E-state index is 12.7. The molecule has 1 aliphatic carbocycles. The van der Waals surface area contributed by atoms with Crippen LogP contribution in [0.2, 0.25) is 0 Å². The summed E-state index contributed by atoms with van der Waals surface area (Å²) in [7, 11) is 1.61. The molecule has 1 heterocycles. The van der Waals surface area contributed by atoms with Crippen LogP contribution in [0.4, 0.5) is 10.7 Å². The van der Waals surface area contributed by atoms with Gasteiger partial charge in [-0.2, -0.15) is 0 Å². The van der Waals surface area contributed by atoms with Crippen LogP contribution >= 0.6 is 11.3 Å². The third-order valence-electron chi connectivity index (χ3n) is 4.25. The van der Waals surface area contributed by atoms with Gasteiger partial charge in [-0.15, -0.1) is 11.3 Å². The highest BCUT2D eigenvalue weighted by atomic mass is 32.1. The molecular weight excluding hydrogens is 308 g/mol. The maximum atomic E-state index is 12.7. The molecule has 2 aromatic rings. The highest BCUT2D eigenvalue weighted by Gasteiger charge is 2.22. The Kier molecular flexibility index (Phi) is 4.86. The lowest BCUT2D eigenvalue weighted by atomic mass is 9.96. The van der Waals surface area contributed by atoms with E-state index in [-0.39, 0.29) is 5.91 Å². The van der Waals surface area contributed by atoms with E-state index in [4.69, 9.17) is 10.5 Å². The van der Waals surface area contributed by atoms with Gasteiger partial charge in [-0.25, -0.2) is 0 Å². The first kappa shape index (κ1) is 15.9. The van der Waals surface area contributed by atoms with E-state index < -0.39 is 0 Å². The molecule has 0 aliphatic heterocycles. The summed E-state index contributed by atoms with van der Waals surface area (Å²) in [6, 6.07) is 7.37. The summed E-state index contributed by atoms with van der Waals surface area (Å²) < 4.78 is 5.20. The predicted molar refractivity (Wildman–Crippen MR) is 95.6 cm³/mol. The summed E-state index contributed by atoms with van der Waals surface area (Å²) in [6.45, 7) is 0. The van der Waals surface area contributed by atoms with Crippen molar-refractivity contribution in [3.8, 4) is 5.75 Å². The van der Waals surface area contributed by atoms with Crippen molar-refractivity contribution < 1.29 is 9.53 Å². The number of rotatable bonds is 3. The number of carbonyl (C=O) groups excluding carboxylic acids is 1. The molecule has 0 radical (unpaired) electrons. The fourth-order valence-corrected chi connectivity index (χ4v) is 4.24. The molecule has 3 rings (SSSR count). The molecule has 1 aromatic carbocycles. The van der Waals surface area contributed by atoms with Gasteiger partial charge in [-0.05, 0) is 43.4 Å². The van der Waals surface area contributed by atoms with Gasteiger partial charge in [0, 0.05) is 16.6 Å². The summed E-state index contributed by atoms with van der Waals surface area (Å²) in [5.74, 6) is 0.602. The van der Waals surface area contributed by atoms with Crippen molar-refractivity contribution in [2.45, 2.75) is 38.5 Å². The number of methoxy groups -OCH3 is 1. The molecule has 3 N–H and O–H groups in total. The van der Waals surface area contributed by atoms with Crippen molar-refractivity contribution in [3.63, 3.8) is 0 Å². The Morgan fingerprint density at radius 1 is 1.22 bits per heavy atom. The molecule has 1 aromatic heterocycles. The minimum atomic E-state index is -0.117. The number of nitrogen functional groups attached to an aromatic ring is 1. The average molecular weight is 330 g/mol. The monoisotopic (exact) mass is 330 g/mol. The lowest BCUT2D eigenvalue weighted by Crippen LogP contribution is -2.15. The van der Waals surface area contributed by atoms with Crippen molar-refractivity contribution in [2.24, 2.45) is 0 Å². The van der Waals surface area contributed by atoms with Crippen LogP contribution in [0.1, 0.15) is 46.5 Å². The minimum Gasteiger partial charge on any atom is -0.497 e. The smallest absolute Gasteiger partial charge is 0.258 e. The lowest BCUT2D eigenvalue weighted by Gasteiger charge is -2.12. The van der Waals surface area contributed by atoms with E-state index in [0.717, 1.165) is 36.3 Å². The number of fused-ring (bicyclic) bond motifs is 1. The second-order valence-corrected chi connectivity index (χ2v) is 6.98. The average Bonchev–Trinajstić information content (AvgIpc) is 2.82. The molecular formula is C18H22N2O2S. The number of thiophene rings is 1. The molecule has 23 heavy (non-hydrogen) atoms. The molecule has 0 unspecified atom stereocenters. The highest BCUT2D eigenvalue weighted by molar-refractivity contribution is 7.16. The van der Waals surface area contributed by atoms with Crippen LogP contribution in [-0.4, -0.2) is 13.0 Å². The quantitative estimate of drug-likeness (QED) is 0.884. The van der Waals surface area contributed by atoms with E-state index in [2.05, 4.69) is 5.32 Å². The zero-order valence-electron chi connectivity index (χ0n) is 13.4. The van der Waals surface area contributed by atoms with E-state index in [9.17, 15) is 4.79 Å². The molecule has 0 atom stereocenters. The summed E-state index contributed by atoms with van der Waals surface area (Å²) in [6.07, 6.45) is 6.79. The van der Waals surface area contributed by atoms with Gasteiger partial charge >= 0.3 is 0 Å². The van der Waals surface area contributed by atoms with Crippen LogP contribution in [0.15, 0.2) is 24.3 Å². The SMILES string of the molecule is COc1cccc(NC(=O)c2c(N)sc3c2CCCCCC3)c1. The zero-order chi connectivity index (χ0) is 16.2. The number of amides is 1. The van der Waals surface area contributed by atoms with E-state index in [0.29, 0.717) is 10.6 Å². The first-order valence-electron chi connectivity index (χ1n) is 8.04. The molecule has 122 valence electrons. The molecule has 1 amide bonds. The fraction of sp³-hybridized carbons (Fsp3) is 0.389. The van der Waals surface area contributed by atoms with Gasteiger partial charge in [0.15, 0.2) is 0 Å². The van der Waals surface area contributed by atoms with E-state index in [1.807, 2.05) is 24.3 Å². The van der Waals surface area contributed by atoms with Gasteiger partial charge in [0.1, 0.15) is 5.75 Å². The molecule has 0 bridgehead atoms. The van der Waals surface area contributed by atoms with E-state index >= 15 is 0 Å². The maximum Gasteiger partial charge on any atom is 0.258 e. The number of ether oxygens (including phenoxy) is 1. The largest absolute Gasteiger partial charge is 0.497 e. The van der Waals surface area contributed by atoms with Crippen molar-refractivity contribution in [3.05, 3.63) is 40.3 Å². The van der Waals surface area contributed by atoms with Gasteiger partial charge in [0.25, 0.3) is 5.91 Å². The van der Waals surface area contributed by atoms with Crippen LogP contribution in [-0.2, 0) is 12.8 Å². The second kappa shape index (κ2) is 7.04. The van der Waals surface area contributed by atoms with Crippen LogP contribution < -0.4 is 15.8 Å². The normalized spacial score (nSPS) is 14.5. The van der Waals surface area contributed by atoms with Crippen LogP contribution in [0.5, 0.6) is 5.75 Å². The van der Waals surface area contributed by atoms with Crippen LogP contribution in [0, 0.1) is 0 Å². The highest BCUT2D eigenvalue weighted by Crippen LogP contribution is 2.35. The number of nitrogens with one attached hydrogen (secondary N) is 1. The standard InChI is InChI=1S/C18H22N2O2S/c1-22-13-8-6-7-12(11-13)20-18(21)16-14-9-4-2-3-5-10-15(14)23-17(16)19/h6-8,11H,2-5,9-10,19H2,1H3,(H,20,21). The number of benzene rings is 1. The summed E-state index contributed by atoms with van der Waals surface area (Å²) >= 11 is 1.58. The van der Waals surface area contributed by atoms with Crippen LogP contribution in [0.25, 0.3) is 0 Å². The Morgan fingerprint density at radius 3 is 2.78 bits per heavy atom. The summed E-state index contributed by atoms with van der Waals surface area (Å²) in [5, 5.41) is 3.59. The first-order valence-corrected chi connectivity index (χ1v) is 8.86. The van der Waals surface area contributed by atoms with Crippen molar-refractivity contribution >= 4 is 27.9 Å². The molecule has 1 aliphatic rings. The molecule has 0 spiro atoms. The van der Waals surface area contributed by atoms with Gasteiger partial charge in [0.05, 0.1) is 17.7 Å². The van der Waals surface area contributed by atoms with Gasteiger partial charge in [-0.1, -0.05) is 18.9 Å². The topological polar surface area (TPSA) is 64.3 Å². The predicted octanol–water partition coefficient (Wildman–Crippen LogP) is 4.25. The number of hydrogen-bond donors (Lipinski definition) is 2. The number of aryl methyl sites for hydroxylation is 1. The number of anilines is 2. The molecule has 5 heteroatoms. The van der Waals surface area contributed by atoms with Crippen molar-refractivity contribution in [1.29, 1.82) is 0 Å². The molecule has 4 nitrogen and oxygen atoms in total. The molecule has 0 fully saturated rings. The summed E-state index contributed by atoms with van der Waals surface area (Å²) in [5.41, 5.74) is 8.72. The minimum absolute atomic E-state index is 0.117. The third-order valence-corrected chi connectivity index (χ3v) is 5.37. The van der Waals surface area contributed by atoms with Crippen LogP contribution in [0.3, 0.4) is 0 Å². The Labute approximate surface area is 140 Å². The van der Waals surface area contributed by atoms with Crippen molar-refractivity contribution in [1.82, 2.24) is 0 Å². The molecule has 0 saturated carbocycles. The number of nitrogens with two attached hydrogens (primary N) is 1. The van der Waals surface area contributed by atoms with Gasteiger partial charge < -0.3 is 15.8 Å². The second-order valence-electron chi connectivity index (χ2n) is 5.84. The zero-order valence-corrected chi connectivity index (χ0v) is 14.2. The summed E-state index contributed by atoms with van der Waals surface area (Å²) in [4.78, 5) is 14.0. The molecule has 0 saturated heterocycles. The number of carbonyl (C=O) groups is 1. The Balaban J connectivity index is 1.86. The van der Waals surface area contributed by atoms with E-state index in [1.54, 1.807) is 18.4 Å². The number of hydrogen-bond acceptors (Lipinski definition) is 4. The van der Waals surface area contributed by atoms with Gasteiger partial charge in [-0.3, -0.25) is 4.79 Å². The van der Waals surface area contributed by atoms with Crippen molar-refractivity contribution in [2.75, 3.05) is 18.2 Å².